The number of halogens is 1. The number of aromatic nitrogens is 2. The maximum Gasteiger partial charge on any atom is 0.434 e. The van der Waals surface area contributed by atoms with Crippen LogP contribution in [0.3, 0.4) is 0 Å². The molecule has 2 aromatic carbocycles. The van der Waals surface area contributed by atoms with Crippen molar-refractivity contribution < 1.29 is 18.7 Å². The molecule has 0 bridgehead atoms. The number of nitrogens with zero attached hydrogens (tertiary/aromatic N) is 1. The van der Waals surface area contributed by atoms with Gasteiger partial charge in [0.15, 0.2) is 0 Å². The predicted molar refractivity (Wildman–Crippen MR) is 110 cm³/mol. The molecule has 1 heterocycles. The number of H-pyrrole nitrogens is 1. The number of benzene rings is 2. The molecule has 9 heteroatoms. The SMILES string of the molecule is CCOC(=O)CC(Cc1ccc(-c2cccc(Cl)c2)cc1)NC(=O)c1n[nH]c(=O)o1. The van der Waals surface area contributed by atoms with Gasteiger partial charge in [-0.1, -0.05) is 48.0 Å². The van der Waals surface area contributed by atoms with E-state index in [1.165, 1.54) is 0 Å². The fourth-order valence-corrected chi connectivity index (χ4v) is 3.15. The van der Waals surface area contributed by atoms with Crippen molar-refractivity contribution in [1.82, 2.24) is 15.5 Å². The van der Waals surface area contributed by atoms with Gasteiger partial charge in [0.2, 0.25) is 0 Å². The summed E-state index contributed by atoms with van der Waals surface area (Å²) < 4.78 is 9.65. The van der Waals surface area contributed by atoms with Crippen LogP contribution in [-0.2, 0) is 16.0 Å². The van der Waals surface area contributed by atoms with E-state index < -0.39 is 29.6 Å². The Hall–Kier alpha value is -3.39. The quantitative estimate of drug-likeness (QED) is 0.532. The highest BCUT2D eigenvalue weighted by molar-refractivity contribution is 6.30. The van der Waals surface area contributed by atoms with Gasteiger partial charge in [-0.3, -0.25) is 9.59 Å². The number of rotatable bonds is 8. The smallest absolute Gasteiger partial charge is 0.434 e. The molecule has 0 aliphatic heterocycles. The summed E-state index contributed by atoms with van der Waals surface area (Å²) in [4.78, 5) is 35.3. The van der Waals surface area contributed by atoms with Crippen LogP contribution in [0.4, 0.5) is 0 Å². The molecule has 3 rings (SSSR count). The van der Waals surface area contributed by atoms with Gasteiger partial charge < -0.3 is 14.5 Å². The Morgan fingerprint density at radius 1 is 1.20 bits per heavy atom. The topological polar surface area (TPSA) is 114 Å². The maximum absolute atomic E-state index is 12.3. The van der Waals surface area contributed by atoms with Gasteiger partial charge >= 0.3 is 23.5 Å². The molecule has 8 nitrogen and oxygen atoms in total. The van der Waals surface area contributed by atoms with Crippen LogP contribution < -0.4 is 11.1 Å². The molecule has 1 amide bonds. The second-order valence-corrected chi connectivity index (χ2v) is 6.95. The van der Waals surface area contributed by atoms with E-state index in [1.54, 1.807) is 6.92 Å². The van der Waals surface area contributed by atoms with Crippen molar-refractivity contribution in [2.24, 2.45) is 0 Å². The van der Waals surface area contributed by atoms with Crippen LogP contribution in [0.5, 0.6) is 0 Å². The van der Waals surface area contributed by atoms with Gasteiger partial charge in [-0.25, -0.2) is 9.89 Å². The zero-order valence-corrected chi connectivity index (χ0v) is 16.9. The highest BCUT2D eigenvalue weighted by atomic mass is 35.5. The van der Waals surface area contributed by atoms with Crippen LogP contribution in [0.15, 0.2) is 57.7 Å². The third-order valence-electron chi connectivity index (χ3n) is 4.28. The summed E-state index contributed by atoms with van der Waals surface area (Å²) >= 11 is 6.05. The summed E-state index contributed by atoms with van der Waals surface area (Å²) in [6.45, 7) is 1.94. The molecule has 0 saturated carbocycles. The molecule has 0 spiro atoms. The summed E-state index contributed by atoms with van der Waals surface area (Å²) in [5, 5.41) is 8.84. The Bertz CT molecular complexity index is 1070. The molecule has 156 valence electrons. The molecule has 2 N–H and O–H groups in total. The number of hydrogen-bond donors (Lipinski definition) is 2. The molecule has 1 aromatic heterocycles. The Morgan fingerprint density at radius 3 is 2.60 bits per heavy atom. The number of nitrogens with one attached hydrogen (secondary N) is 2. The second-order valence-electron chi connectivity index (χ2n) is 6.51. The van der Waals surface area contributed by atoms with Gasteiger partial charge in [-0.05, 0) is 42.2 Å². The van der Waals surface area contributed by atoms with E-state index in [1.807, 2.05) is 53.6 Å². The van der Waals surface area contributed by atoms with Crippen molar-refractivity contribution in [3.8, 4) is 11.1 Å². The molecule has 1 unspecified atom stereocenters. The first kappa shape index (κ1) is 21.3. The van der Waals surface area contributed by atoms with Gasteiger partial charge in [0.25, 0.3) is 0 Å². The number of carbonyl (C=O) groups excluding carboxylic acids is 2. The number of amides is 1. The van der Waals surface area contributed by atoms with Crippen molar-refractivity contribution in [3.63, 3.8) is 0 Å². The van der Waals surface area contributed by atoms with E-state index in [-0.39, 0.29) is 13.0 Å². The summed E-state index contributed by atoms with van der Waals surface area (Å²) in [5.74, 6) is -2.37. The zero-order chi connectivity index (χ0) is 21.5. The first-order chi connectivity index (χ1) is 14.4. The molecule has 0 saturated heterocycles. The van der Waals surface area contributed by atoms with E-state index in [0.29, 0.717) is 11.4 Å². The summed E-state index contributed by atoms with van der Waals surface area (Å²) in [6, 6.07) is 14.7. The van der Waals surface area contributed by atoms with Gasteiger partial charge in [0.1, 0.15) is 0 Å². The van der Waals surface area contributed by atoms with Crippen LogP contribution >= 0.6 is 11.6 Å². The van der Waals surface area contributed by atoms with Crippen LogP contribution in [0.1, 0.15) is 29.6 Å². The summed E-state index contributed by atoms with van der Waals surface area (Å²) in [6.07, 6.45) is 0.333. The van der Waals surface area contributed by atoms with Gasteiger partial charge in [-0.15, -0.1) is 5.10 Å². The lowest BCUT2D eigenvalue weighted by Gasteiger charge is -2.17. The van der Waals surface area contributed by atoms with E-state index >= 15 is 0 Å². The minimum Gasteiger partial charge on any atom is -0.466 e. The molecular weight excluding hydrogens is 410 g/mol. The van der Waals surface area contributed by atoms with Crippen LogP contribution in [0, 0.1) is 0 Å². The third-order valence-corrected chi connectivity index (χ3v) is 4.52. The monoisotopic (exact) mass is 429 g/mol. The fraction of sp³-hybridized carbons (Fsp3) is 0.238. The van der Waals surface area contributed by atoms with Crippen LogP contribution in [-0.4, -0.2) is 34.7 Å². The fourth-order valence-electron chi connectivity index (χ4n) is 2.96. The Labute approximate surface area is 177 Å². The molecule has 0 radical (unpaired) electrons. The maximum atomic E-state index is 12.3. The zero-order valence-electron chi connectivity index (χ0n) is 16.2. The molecule has 0 aliphatic rings. The van der Waals surface area contributed by atoms with Crippen molar-refractivity contribution >= 4 is 23.5 Å². The first-order valence-corrected chi connectivity index (χ1v) is 9.69. The number of hydrogen-bond acceptors (Lipinski definition) is 6. The Kier molecular flexibility index (Phi) is 7.03. The predicted octanol–water partition coefficient (Wildman–Crippen LogP) is 2.98. The lowest BCUT2D eigenvalue weighted by Crippen LogP contribution is -2.38. The van der Waals surface area contributed by atoms with Gasteiger partial charge in [0.05, 0.1) is 13.0 Å². The van der Waals surface area contributed by atoms with Crippen LogP contribution in [0.25, 0.3) is 11.1 Å². The van der Waals surface area contributed by atoms with E-state index in [0.717, 1.165) is 16.7 Å². The number of ether oxygens (including phenoxy) is 1. The van der Waals surface area contributed by atoms with Crippen molar-refractivity contribution in [2.45, 2.75) is 25.8 Å². The summed E-state index contributed by atoms with van der Waals surface area (Å²) in [5.41, 5.74) is 2.88. The average molecular weight is 430 g/mol. The van der Waals surface area contributed by atoms with E-state index in [9.17, 15) is 14.4 Å². The standard InChI is InChI=1S/C21H20ClN3O5/c1-2-29-18(26)12-17(23-19(27)20-24-25-21(28)30-20)10-13-6-8-14(9-7-13)15-4-3-5-16(22)11-15/h3-9,11,17H,2,10,12H2,1H3,(H,23,27)(H,25,28). The van der Waals surface area contributed by atoms with Crippen molar-refractivity contribution in [2.75, 3.05) is 6.61 Å². The second kappa shape index (κ2) is 9.89. The highest BCUT2D eigenvalue weighted by Crippen LogP contribution is 2.23. The molecule has 30 heavy (non-hydrogen) atoms. The lowest BCUT2D eigenvalue weighted by atomic mass is 9.99. The highest BCUT2D eigenvalue weighted by Gasteiger charge is 2.21. The first-order valence-electron chi connectivity index (χ1n) is 9.31. The number of aromatic amines is 1. The molecule has 0 fully saturated rings. The number of carbonyl (C=O) groups is 2. The average Bonchev–Trinajstić information content (AvgIpc) is 3.15. The molecule has 0 aliphatic carbocycles. The Balaban J connectivity index is 1.73. The summed E-state index contributed by atoms with van der Waals surface area (Å²) in [7, 11) is 0. The van der Waals surface area contributed by atoms with Gasteiger partial charge in [0, 0.05) is 11.1 Å². The van der Waals surface area contributed by atoms with E-state index in [4.69, 9.17) is 16.3 Å². The van der Waals surface area contributed by atoms with Crippen molar-refractivity contribution in [3.05, 3.63) is 75.6 Å². The molecule has 1 atom stereocenters. The van der Waals surface area contributed by atoms with Gasteiger partial charge in [-0.2, -0.15) is 0 Å². The lowest BCUT2D eigenvalue weighted by molar-refractivity contribution is -0.143. The third kappa shape index (κ3) is 5.81. The minimum absolute atomic E-state index is 0.0374. The van der Waals surface area contributed by atoms with Crippen LogP contribution in [0.2, 0.25) is 5.02 Å². The minimum atomic E-state index is -0.835. The Morgan fingerprint density at radius 2 is 1.97 bits per heavy atom. The van der Waals surface area contributed by atoms with E-state index in [2.05, 4.69) is 14.8 Å². The van der Waals surface area contributed by atoms with Crippen molar-refractivity contribution in [1.29, 1.82) is 0 Å². The molecular formula is C21H20ClN3O5. The number of esters is 1. The largest absolute Gasteiger partial charge is 0.466 e. The normalized spacial score (nSPS) is 11.7. The molecule has 3 aromatic rings.